The molecule has 0 fully saturated rings. The fourth-order valence-corrected chi connectivity index (χ4v) is 2.25. The largest absolute Gasteiger partial charge is 0.389 e. The van der Waals surface area contributed by atoms with Crippen LogP contribution in [0.1, 0.15) is 5.56 Å². The molecular weight excluding hydrogens is 270 g/mol. The maximum atomic E-state index is 11.6. The molecule has 1 rings (SSSR count). The summed E-state index contributed by atoms with van der Waals surface area (Å²) in [5, 5.41) is 3.03. The zero-order valence-corrected chi connectivity index (χ0v) is 12.0. The SMILES string of the molecule is CN(C)S(=O)(=O)CCNc1ccccc1C(N)=S. The van der Waals surface area contributed by atoms with Crippen LogP contribution >= 0.6 is 12.2 Å². The molecule has 0 aliphatic rings. The molecule has 0 amide bonds. The van der Waals surface area contributed by atoms with Gasteiger partial charge in [0.25, 0.3) is 0 Å². The zero-order chi connectivity index (χ0) is 13.8. The third-order valence-electron chi connectivity index (χ3n) is 2.42. The van der Waals surface area contributed by atoms with Crippen LogP contribution in [0.25, 0.3) is 0 Å². The summed E-state index contributed by atoms with van der Waals surface area (Å²) in [6, 6.07) is 7.28. The first-order chi connectivity index (χ1) is 8.34. The molecule has 1 aromatic carbocycles. The molecule has 0 saturated heterocycles. The van der Waals surface area contributed by atoms with Crippen LogP contribution < -0.4 is 11.1 Å². The Morgan fingerprint density at radius 2 is 2.00 bits per heavy atom. The molecule has 0 saturated carbocycles. The fourth-order valence-electron chi connectivity index (χ4n) is 1.35. The minimum atomic E-state index is -3.19. The molecule has 0 heterocycles. The molecule has 0 aliphatic carbocycles. The number of rotatable bonds is 6. The minimum absolute atomic E-state index is 0.0195. The van der Waals surface area contributed by atoms with Gasteiger partial charge in [0.2, 0.25) is 10.0 Å². The number of hydrogen-bond acceptors (Lipinski definition) is 4. The molecule has 0 aliphatic heterocycles. The molecule has 0 spiro atoms. The summed E-state index contributed by atoms with van der Waals surface area (Å²) in [5.74, 6) is 0.0195. The van der Waals surface area contributed by atoms with Crippen LogP contribution in [0.2, 0.25) is 0 Å². The Kier molecular flexibility index (Phi) is 5.06. The number of thiocarbonyl (C=S) groups is 1. The molecule has 5 nitrogen and oxygen atoms in total. The van der Waals surface area contributed by atoms with Crippen molar-refractivity contribution >= 4 is 32.9 Å². The average molecular weight is 287 g/mol. The number of nitrogens with one attached hydrogen (secondary N) is 1. The lowest BCUT2D eigenvalue weighted by Gasteiger charge is -2.13. The van der Waals surface area contributed by atoms with Gasteiger partial charge < -0.3 is 11.1 Å². The summed E-state index contributed by atoms with van der Waals surface area (Å²) in [7, 11) is -0.170. The fraction of sp³-hybridized carbons (Fsp3) is 0.364. The lowest BCUT2D eigenvalue weighted by Crippen LogP contribution is -2.28. The van der Waals surface area contributed by atoms with Crippen LogP contribution in [0, 0.1) is 0 Å². The van der Waals surface area contributed by atoms with Crippen LogP contribution in [-0.4, -0.2) is 44.1 Å². The van der Waals surface area contributed by atoms with Crippen molar-refractivity contribution in [2.24, 2.45) is 5.73 Å². The Morgan fingerprint density at radius 3 is 2.56 bits per heavy atom. The van der Waals surface area contributed by atoms with Crippen LogP contribution in [0.15, 0.2) is 24.3 Å². The van der Waals surface area contributed by atoms with Gasteiger partial charge in [-0.05, 0) is 12.1 Å². The molecular formula is C11H17N3O2S2. The highest BCUT2D eigenvalue weighted by atomic mass is 32.2. The maximum absolute atomic E-state index is 11.6. The number of sulfonamides is 1. The number of para-hydroxylation sites is 1. The van der Waals surface area contributed by atoms with E-state index in [9.17, 15) is 8.42 Å². The van der Waals surface area contributed by atoms with E-state index < -0.39 is 10.0 Å². The van der Waals surface area contributed by atoms with Gasteiger partial charge in [-0.1, -0.05) is 24.4 Å². The Bertz CT molecular complexity index is 527. The first kappa shape index (κ1) is 14.9. The van der Waals surface area contributed by atoms with Crippen LogP contribution in [0.5, 0.6) is 0 Å². The van der Waals surface area contributed by atoms with Gasteiger partial charge in [0.15, 0.2) is 0 Å². The van der Waals surface area contributed by atoms with Gasteiger partial charge in [-0.25, -0.2) is 12.7 Å². The van der Waals surface area contributed by atoms with E-state index >= 15 is 0 Å². The summed E-state index contributed by atoms with van der Waals surface area (Å²) >= 11 is 4.93. The summed E-state index contributed by atoms with van der Waals surface area (Å²) in [6.07, 6.45) is 0. The van der Waals surface area contributed by atoms with E-state index in [-0.39, 0.29) is 10.7 Å². The highest BCUT2D eigenvalue weighted by Gasteiger charge is 2.13. The minimum Gasteiger partial charge on any atom is -0.389 e. The van der Waals surface area contributed by atoms with Crippen molar-refractivity contribution in [3.8, 4) is 0 Å². The summed E-state index contributed by atoms with van der Waals surface area (Å²) < 4.78 is 24.4. The predicted octanol–water partition coefficient (Wildman–Crippen LogP) is 0.624. The van der Waals surface area contributed by atoms with E-state index in [1.54, 1.807) is 6.07 Å². The van der Waals surface area contributed by atoms with Crippen LogP contribution in [0.3, 0.4) is 0 Å². The first-order valence-electron chi connectivity index (χ1n) is 5.37. The Balaban J connectivity index is 2.68. The maximum Gasteiger partial charge on any atom is 0.215 e. The third-order valence-corrected chi connectivity index (χ3v) is 4.48. The van der Waals surface area contributed by atoms with Crippen molar-refractivity contribution in [2.75, 3.05) is 31.7 Å². The van der Waals surface area contributed by atoms with Crippen molar-refractivity contribution in [3.05, 3.63) is 29.8 Å². The van der Waals surface area contributed by atoms with E-state index in [1.807, 2.05) is 18.2 Å². The summed E-state index contributed by atoms with van der Waals surface area (Å²) in [6.45, 7) is 0.306. The van der Waals surface area contributed by atoms with Crippen LogP contribution in [-0.2, 0) is 10.0 Å². The monoisotopic (exact) mass is 287 g/mol. The molecule has 18 heavy (non-hydrogen) atoms. The van der Waals surface area contributed by atoms with Crippen molar-refractivity contribution in [1.82, 2.24) is 4.31 Å². The topological polar surface area (TPSA) is 75.4 Å². The second kappa shape index (κ2) is 6.12. The molecule has 7 heteroatoms. The number of nitrogens with zero attached hydrogens (tertiary/aromatic N) is 1. The Labute approximate surface area is 113 Å². The van der Waals surface area contributed by atoms with E-state index in [1.165, 1.54) is 18.4 Å². The van der Waals surface area contributed by atoms with E-state index in [0.717, 1.165) is 11.3 Å². The van der Waals surface area contributed by atoms with E-state index in [0.29, 0.717) is 6.54 Å². The Hall–Kier alpha value is -1.18. The zero-order valence-electron chi connectivity index (χ0n) is 10.4. The number of anilines is 1. The molecule has 0 radical (unpaired) electrons. The molecule has 0 bridgehead atoms. The average Bonchev–Trinajstić information content (AvgIpc) is 2.29. The van der Waals surface area contributed by atoms with Crippen LogP contribution in [0.4, 0.5) is 5.69 Å². The van der Waals surface area contributed by atoms with Gasteiger partial charge in [0.05, 0.1) is 5.75 Å². The van der Waals surface area contributed by atoms with Gasteiger partial charge in [-0.15, -0.1) is 0 Å². The highest BCUT2D eigenvalue weighted by molar-refractivity contribution is 7.89. The molecule has 0 aromatic heterocycles. The number of hydrogen-bond donors (Lipinski definition) is 2. The third kappa shape index (κ3) is 3.94. The number of nitrogens with two attached hydrogens (primary N) is 1. The summed E-state index contributed by atoms with van der Waals surface area (Å²) in [4.78, 5) is 0.286. The molecule has 3 N–H and O–H groups in total. The lowest BCUT2D eigenvalue weighted by molar-refractivity contribution is 0.521. The van der Waals surface area contributed by atoms with Gasteiger partial charge >= 0.3 is 0 Å². The second-order valence-electron chi connectivity index (χ2n) is 3.94. The lowest BCUT2D eigenvalue weighted by atomic mass is 10.2. The standard InChI is InChI=1S/C11H17N3O2S2/c1-14(2)18(15,16)8-7-13-10-6-4-3-5-9(10)11(12)17/h3-6,13H,7-8H2,1-2H3,(H2,12,17). The predicted molar refractivity (Wildman–Crippen MR) is 78.3 cm³/mol. The van der Waals surface area contributed by atoms with E-state index in [2.05, 4.69) is 5.32 Å². The Morgan fingerprint density at radius 1 is 1.39 bits per heavy atom. The van der Waals surface area contributed by atoms with Crippen molar-refractivity contribution < 1.29 is 8.42 Å². The van der Waals surface area contributed by atoms with Gasteiger partial charge in [-0.2, -0.15) is 0 Å². The smallest absolute Gasteiger partial charge is 0.215 e. The van der Waals surface area contributed by atoms with Gasteiger partial charge in [0, 0.05) is 31.9 Å². The second-order valence-corrected chi connectivity index (χ2v) is 6.68. The number of benzene rings is 1. The normalized spacial score (nSPS) is 11.5. The van der Waals surface area contributed by atoms with Gasteiger partial charge in [-0.3, -0.25) is 0 Å². The quantitative estimate of drug-likeness (QED) is 0.750. The summed E-state index contributed by atoms with van der Waals surface area (Å²) in [5.41, 5.74) is 7.05. The highest BCUT2D eigenvalue weighted by Crippen LogP contribution is 2.14. The molecule has 0 unspecified atom stereocenters. The van der Waals surface area contributed by atoms with Crippen molar-refractivity contribution in [1.29, 1.82) is 0 Å². The van der Waals surface area contributed by atoms with Crippen molar-refractivity contribution in [3.63, 3.8) is 0 Å². The van der Waals surface area contributed by atoms with Gasteiger partial charge in [0.1, 0.15) is 4.99 Å². The van der Waals surface area contributed by atoms with E-state index in [4.69, 9.17) is 18.0 Å². The molecule has 0 atom stereocenters. The molecule has 1 aromatic rings. The molecule has 100 valence electrons. The first-order valence-corrected chi connectivity index (χ1v) is 7.39. The van der Waals surface area contributed by atoms with Crippen molar-refractivity contribution in [2.45, 2.75) is 0 Å².